The lowest BCUT2D eigenvalue weighted by Gasteiger charge is -2.12. The van der Waals surface area contributed by atoms with Gasteiger partial charge in [-0.2, -0.15) is 0 Å². The van der Waals surface area contributed by atoms with Gasteiger partial charge in [-0.3, -0.25) is 0 Å². The summed E-state index contributed by atoms with van der Waals surface area (Å²) in [5, 5.41) is 8.04. The van der Waals surface area contributed by atoms with Crippen molar-refractivity contribution < 1.29 is 12.8 Å². The van der Waals surface area contributed by atoms with Gasteiger partial charge in [0.2, 0.25) is 10.0 Å². The number of halogens is 1. The molecule has 0 atom stereocenters. The van der Waals surface area contributed by atoms with Gasteiger partial charge in [-0.05, 0) is 48.9 Å². The Hall–Kier alpha value is -2.12. The number of benzene rings is 2. The van der Waals surface area contributed by atoms with Gasteiger partial charge in [-0.15, -0.1) is 0 Å². The molecule has 20 heavy (non-hydrogen) atoms. The molecule has 0 aromatic heterocycles. The van der Waals surface area contributed by atoms with E-state index in [-0.39, 0.29) is 16.4 Å². The molecule has 0 bridgehead atoms. The second kappa shape index (κ2) is 5.10. The lowest BCUT2D eigenvalue weighted by molar-refractivity contribution is 0.598. The van der Waals surface area contributed by atoms with E-state index in [0.29, 0.717) is 16.9 Å². The Bertz CT molecular complexity index is 760. The minimum atomic E-state index is -3.79. The van der Waals surface area contributed by atoms with Crippen LogP contribution < -0.4 is 16.2 Å². The Morgan fingerprint density at radius 2 is 1.75 bits per heavy atom. The van der Waals surface area contributed by atoms with Crippen molar-refractivity contribution >= 4 is 27.1 Å². The third-order valence-electron chi connectivity index (χ3n) is 2.81. The van der Waals surface area contributed by atoms with E-state index in [9.17, 15) is 12.8 Å². The van der Waals surface area contributed by atoms with Crippen LogP contribution in [0.25, 0.3) is 0 Å². The molecule has 0 spiro atoms. The SMILES string of the molecule is Cc1cc(F)ccc1Nc1ccc(S(N)(=O)=O)cc1N. The zero-order valence-corrected chi connectivity index (χ0v) is 11.5. The van der Waals surface area contributed by atoms with Gasteiger partial charge in [0.1, 0.15) is 5.82 Å². The fraction of sp³-hybridized carbons (Fsp3) is 0.0769. The third kappa shape index (κ3) is 3.06. The van der Waals surface area contributed by atoms with Crippen LogP contribution in [0.15, 0.2) is 41.3 Å². The van der Waals surface area contributed by atoms with Crippen molar-refractivity contribution in [2.45, 2.75) is 11.8 Å². The molecule has 0 amide bonds. The van der Waals surface area contributed by atoms with Crippen molar-refractivity contribution in [3.8, 4) is 0 Å². The highest BCUT2D eigenvalue weighted by Crippen LogP contribution is 2.27. The number of nitrogens with two attached hydrogens (primary N) is 2. The average molecular weight is 295 g/mol. The van der Waals surface area contributed by atoms with Crippen LogP contribution in [0, 0.1) is 12.7 Å². The normalized spacial score (nSPS) is 11.3. The number of nitrogens with one attached hydrogen (secondary N) is 1. The maximum Gasteiger partial charge on any atom is 0.238 e. The molecular weight excluding hydrogens is 281 g/mol. The maximum atomic E-state index is 13.0. The first-order valence-electron chi connectivity index (χ1n) is 5.73. The second-order valence-corrected chi connectivity index (χ2v) is 5.94. The van der Waals surface area contributed by atoms with E-state index in [0.717, 1.165) is 0 Å². The van der Waals surface area contributed by atoms with Gasteiger partial charge < -0.3 is 11.1 Å². The minimum absolute atomic E-state index is 0.0589. The van der Waals surface area contributed by atoms with E-state index in [4.69, 9.17) is 10.9 Å². The van der Waals surface area contributed by atoms with Crippen molar-refractivity contribution in [2.24, 2.45) is 5.14 Å². The molecule has 0 radical (unpaired) electrons. The van der Waals surface area contributed by atoms with Gasteiger partial charge in [-0.1, -0.05) is 0 Å². The van der Waals surface area contributed by atoms with Crippen LogP contribution in [0.5, 0.6) is 0 Å². The molecule has 7 heteroatoms. The minimum Gasteiger partial charge on any atom is -0.397 e. The van der Waals surface area contributed by atoms with E-state index in [1.807, 2.05) is 0 Å². The van der Waals surface area contributed by atoms with Gasteiger partial charge in [0.15, 0.2) is 0 Å². The Labute approximate surface area is 116 Å². The van der Waals surface area contributed by atoms with Crippen LogP contribution >= 0.6 is 0 Å². The molecule has 5 N–H and O–H groups in total. The summed E-state index contributed by atoms with van der Waals surface area (Å²) in [6.07, 6.45) is 0. The van der Waals surface area contributed by atoms with Gasteiger partial charge in [0.05, 0.1) is 16.3 Å². The molecule has 0 fully saturated rings. The quantitative estimate of drug-likeness (QED) is 0.755. The Morgan fingerprint density at radius 1 is 1.10 bits per heavy atom. The summed E-state index contributed by atoms with van der Waals surface area (Å²) >= 11 is 0. The van der Waals surface area contributed by atoms with Gasteiger partial charge in [-0.25, -0.2) is 17.9 Å². The number of sulfonamides is 1. The monoisotopic (exact) mass is 295 g/mol. The number of aryl methyl sites for hydroxylation is 1. The lowest BCUT2D eigenvalue weighted by atomic mass is 10.2. The average Bonchev–Trinajstić information content (AvgIpc) is 2.33. The van der Waals surface area contributed by atoms with E-state index in [2.05, 4.69) is 5.32 Å². The zero-order chi connectivity index (χ0) is 14.9. The van der Waals surface area contributed by atoms with Crippen LogP contribution in [0.1, 0.15) is 5.56 Å². The van der Waals surface area contributed by atoms with Crippen LogP contribution in [0.3, 0.4) is 0 Å². The summed E-state index contributed by atoms with van der Waals surface area (Å²) in [7, 11) is -3.79. The van der Waals surface area contributed by atoms with Gasteiger partial charge in [0.25, 0.3) is 0 Å². The van der Waals surface area contributed by atoms with Crippen molar-refractivity contribution in [1.82, 2.24) is 0 Å². The number of rotatable bonds is 3. The summed E-state index contributed by atoms with van der Waals surface area (Å²) in [5.74, 6) is -0.328. The first kappa shape index (κ1) is 14.3. The molecule has 5 nitrogen and oxygen atoms in total. The molecule has 0 aliphatic carbocycles. The van der Waals surface area contributed by atoms with E-state index in [1.165, 1.54) is 30.3 Å². The summed E-state index contributed by atoms with van der Waals surface area (Å²) in [5.41, 5.74) is 7.94. The number of anilines is 3. The highest BCUT2D eigenvalue weighted by molar-refractivity contribution is 7.89. The summed E-state index contributed by atoms with van der Waals surface area (Å²) in [6, 6.07) is 8.43. The molecule has 0 saturated carbocycles. The first-order valence-corrected chi connectivity index (χ1v) is 7.27. The molecule has 0 saturated heterocycles. The summed E-state index contributed by atoms with van der Waals surface area (Å²) in [6.45, 7) is 1.75. The Morgan fingerprint density at radius 3 is 2.30 bits per heavy atom. The predicted octanol–water partition coefficient (Wildman–Crippen LogP) is 2.11. The van der Waals surface area contributed by atoms with Gasteiger partial charge >= 0.3 is 0 Å². The highest BCUT2D eigenvalue weighted by atomic mass is 32.2. The fourth-order valence-corrected chi connectivity index (χ4v) is 2.29. The van der Waals surface area contributed by atoms with Crippen LogP contribution in [0.2, 0.25) is 0 Å². The van der Waals surface area contributed by atoms with Gasteiger partial charge in [0, 0.05) is 5.69 Å². The zero-order valence-electron chi connectivity index (χ0n) is 10.7. The van der Waals surface area contributed by atoms with E-state index in [1.54, 1.807) is 13.0 Å². The molecule has 0 heterocycles. The van der Waals surface area contributed by atoms with Crippen LogP contribution in [0.4, 0.5) is 21.5 Å². The molecule has 2 rings (SSSR count). The number of primary sulfonamides is 1. The topological polar surface area (TPSA) is 98.2 Å². The standard InChI is InChI=1S/C13H14FN3O2S/c1-8-6-9(14)2-4-12(8)17-13-5-3-10(7-11(13)15)20(16,18)19/h2-7,17H,15H2,1H3,(H2,16,18,19). The molecule has 0 unspecified atom stereocenters. The van der Waals surface area contributed by atoms with E-state index >= 15 is 0 Å². The number of hydrogen-bond donors (Lipinski definition) is 3. The molecule has 2 aromatic carbocycles. The molecule has 106 valence electrons. The third-order valence-corrected chi connectivity index (χ3v) is 3.72. The van der Waals surface area contributed by atoms with Crippen molar-refractivity contribution in [1.29, 1.82) is 0 Å². The highest BCUT2D eigenvalue weighted by Gasteiger charge is 2.10. The molecule has 0 aliphatic rings. The summed E-state index contributed by atoms with van der Waals surface area (Å²) in [4.78, 5) is -0.0589. The summed E-state index contributed by atoms with van der Waals surface area (Å²) < 4.78 is 35.4. The van der Waals surface area contributed by atoms with Crippen LogP contribution in [-0.4, -0.2) is 8.42 Å². The van der Waals surface area contributed by atoms with E-state index < -0.39 is 10.0 Å². The smallest absolute Gasteiger partial charge is 0.238 e. The molecule has 0 aliphatic heterocycles. The second-order valence-electron chi connectivity index (χ2n) is 4.38. The van der Waals surface area contributed by atoms with Crippen molar-refractivity contribution in [3.63, 3.8) is 0 Å². The Kier molecular flexibility index (Phi) is 3.65. The van der Waals surface area contributed by atoms with Crippen molar-refractivity contribution in [2.75, 3.05) is 11.1 Å². The fourth-order valence-electron chi connectivity index (χ4n) is 1.74. The Balaban J connectivity index is 2.35. The number of hydrogen-bond acceptors (Lipinski definition) is 4. The maximum absolute atomic E-state index is 13.0. The molecule has 2 aromatic rings. The van der Waals surface area contributed by atoms with Crippen molar-refractivity contribution in [3.05, 3.63) is 47.8 Å². The predicted molar refractivity (Wildman–Crippen MR) is 76.6 cm³/mol. The first-order chi connectivity index (χ1) is 9.27. The number of nitrogen functional groups attached to an aromatic ring is 1. The largest absolute Gasteiger partial charge is 0.397 e. The lowest BCUT2D eigenvalue weighted by Crippen LogP contribution is -2.12. The molecular formula is C13H14FN3O2S. The van der Waals surface area contributed by atoms with Crippen LogP contribution in [-0.2, 0) is 10.0 Å².